The molecule has 3 saturated carbocycles. The van der Waals surface area contributed by atoms with Crippen LogP contribution in [0.25, 0.3) is 0 Å². The Morgan fingerprint density at radius 1 is 0.812 bits per heavy atom. The molecule has 1 aromatic rings. The number of alkyl halides is 1. The SMILES string of the molecule is CC1CCC(C2CCC(CCc3ccc(C4CCC(/C(F)=C/CF)CC4)cc3)CC2)CC1. The van der Waals surface area contributed by atoms with Crippen LogP contribution in [0.3, 0.4) is 0 Å². The molecule has 0 heterocycles. The Bertz CT molecular complexity index is 697. The quantitative estimate of drug-likeness (QED) is 0.394. The average molecular weight is 443 g/mol. The minimum Gasteiger partial charge on any atom is -0.246 e. The van der Waals surface area contributed by atoms with Gasteiger partial charge in [-0.1, -0.05) is 56.9 Å². The fourth-order valence-electron chi connectivity index (χ4n) is 6.98. The number of hydrogen-bond donors (Lipinski definition) is 0. The summed E-state index contributed by atoms with van der Waals surface area (Å²) in [6.07, 6.45) is 19.2. The average Bonchev–Trinajstić information content (AvgIpc) is 2.84. The van der Waals surface area contributed by atoms with Gasteiger partial charge in [-0.25, -0.2) is 8.78 Å². The summed E-state index contributed by atoms with van der Waals surface area (Å²) in [7, 11) is 0. The highest BCUT2D eigenvalue weighted by atomic mass is 19.1. The first-order valence-corrected chi connectivity index (χ1v) is 13.6. The molecule has 178 valence electrons. The van der Waals surface area contributed by atoms with Crippen LogP contribution in [0.4, 0.5) is 8.78 Å². The van der Waals surface area contributed by atoms with Crippen molar-refractivity contribution in [3.05, 3.63) is 47.3 Å². The summed E-state index contributed by atoms with van der Waals surface area (Å²) in [4.78, 5) is 0. The van der Waals surface area contributed by atoms with Gasteiger partial charge in [0.05, 0.1) is 0 Å². The van der Waals surface area contributed by atoms with E-state index in [9.17, 15) is 8.78 Å². The Kier molecular flexibility index (Phi) is 8.83. The lowest BCUT2D eigenvalue weighted by atomic mass is 9.69. The summed E-state index contributed by atoms with van der Waals surface area (Å²) in [5, 5.41) is 0. The molecule has 2 heteroatoms. The second kappa shape index (κ2) is 11.8. The Morgan fingerprint density at radius 2 is 1.41 bits per heavy atom. The summed E-state index contributed by atoms with van der Waals surface area (Å²) < 4.78 is 26.2. The lowest BCUT2D eigenvalue weighted by Gasteiger charge is -2.37. The summed E-state index contributed by atoms with van der Waals surface area (Å²) >= 11 is 0. The van der Waals surface area contributed by atoms with Gasteiger partial charge in [-0.3, -0.25) is 0 Å². The first-order valence-electron chi connectivity index (χ1n) is 13.6. The number of allylic oxidation sites excluding steroid dienone is 2. The summed E-state index contributed by atoms with van der Waals surface area (Å²) in [6.45, 7) is 1.74. The lowest BCUT2D eigenvalue weighted by Crippen LogP contribution is -2.25. The highest BCUT2D eigenvalue weighted by Crippen LogP contribution is 2.42. The molecule has 3 fully saturated rings. The van der Waals surface area contributed by atoms with Crippen LogP contribution < -0.4 is 0 Å². The van der Waals surface area contributed by atoms with Crippen LogP contribution in [-0.4, -0.2) is 6.67 Å². The van der Waals surface area contributed by atoms with Crippen LogP contribution in [0.2, 0.25) is 0 Å². The third-order valence-electron chi connectivity index (χ3n) is 9.30. The number of hydrogen-bond acceptors (Lipinski definition) is 0. The second-order valence-electron chi connectivity index (χ2n) is 11.4. The van der Waals surface area contributed by atoms with Crippen LogP contribution in [0.1, 0.15) is 107 Å². The lowest BCUT2D eigenvalue weighted by molar-refractivity contribution is 0.148. The van der Waals surface area contributed by atoms with Gasteiger partial charge in [0.1, 0.15) is 12.5 Å². The molecule has 0 aliphatic heterocycles. The van der Waals surface area contributed by atoms with Crippen molar-refractivity contribution in [2.45, 2.75) is 103 Å². The van der Waals surface area contributed by atoms with Gasteiger partial charge in [0.25, 0.3) is 0 Å². The predicted molar refractivity (Wildman–Crippen MR) is 131 cm³/mol. The van der Waals surface area contributed by atoms with E-state index in [1.165, 1.54) is 75.3 Å². The van der Waals surface area contributed by atoms with Crippen LogP contribution in [0.5, 0.6) is 0 Å². The van der Waals surface area contributed by atoms with Crippen molar-refractivity contribution in [2.75, 3.05) is 6.67 Å². The third-order valence-corrected chi connectivity index (χ3v) is 9.30. The maximum absolute atomic E-state index is 13.9. The molecule has 0 bridgehead atoms. The minimum absolute atomic E-state index is 0.0574. The molecule has 32 heavy (non-hydrogen) atoms. The third kappa shape index (κ3) is 6.45. The van der Waals surface area contributed by atoms with Gasteiger partial charge >= 0.3 is 0 Å². The monoisotopic (exact) mass is 442 g/mol. The molecular weight excluding hydrogens is 398 g/mol. The second-order valence-corrected chi connectivity index (χ2v) is 11.4. The van der Waals surface area contributed by atoms with E-state index in [0.29, 0.717) is 5.92 Å². The van der Waals surface area contributed by atoms with Crippen LogP contribution in [-0.2, 0) is 6.42 Å². The van der Waals surface area contributed by atoms with Gasteiger partial charge in [0.2, 0.25) is 0 Å². The molecule has 0 nitrogen and oxygen atoms in total. The summed E-state index contributed by atoms with van der Waals surface area (Å²) in [6, 6.07) is 9.30. The summed E-state index contributed by atoms with van der Waals surface area (Å²) in [5.74, 6) is 4.20. The van der Waals surface area contributed by atoms with Crippen LogP contribution >= 0.6 is 0 Å². The number of benzene rings is 1. The molecule has 0 unspecified atom stereocenters. The zero-order valence-electron chi connectivity index (χ0n) is 20.2. The molecule has 0 atom stereocenters. The zero-order chi connectivity index (χ0) is 22.3. The normalized spacial score (nSPS) is 34.4. The Hall–Kier alpha value is -1.18. The van der Waals surface area contributed by atoms with Gasteiger partial charge in [0, 0.05) is 5.92 Å². The topological polar surface area (TPSA) is 0 Å². The highest BCUT2D eigenvalue weighted by Gasteiger charge is 2.30. The first-order chi connectivity index (χ1) is 15.6. The van der Waals surface area contributed by atoms with E-state index in [-0.39, 0.29) is 11.7 Å². The van der Waals surface area contributed by atoms with Crippen molar-refractivity contribution in [1.29, 1.82) is 0 Å². The molecule has 3 aliphatic rings. The molecule has 4 rings (SSSR count). The van der Waals surface area contributed by atoms with Gasteiger partial charge in [-0.05, 0) is 111 Å². The van der Waals surface area contributed by atoms with Crippen molar-refractivity contribution < 1.29 is 8.78 Å². The Balaban J connectivity index is 1.17. The zero-order valence-corrected chi connectivity index (χ0v) is 20.2. The van der Waals surface area contributed by atoms with E-state index in [2.05, 4.69) is 31.2 Å². The molecule has 0 spiro atoms. The van der Waals surface area contributed by atoms with Crippen molar-refractivity contribution in [3.8, 4) is 0 Å². The van der Waals surface area contributed by atoms with Crippen LogP contribution in [0, 0.1) is 29.6 Å². The Labute approximate surface area is 195 Å². The number of aryl methyl sites for hydroxylation is 1. The molecule has 0 N–H and O–H groups in total. The maximum atomic E-state index is 13.9. The molecule has 1 aromatic carbocycles. The van der Waals surface area contributed by atoms with Crippen LogP contribution in [0.15, 0.2) is 36.2 Å². The van der Waals surface area contributed by atoms with Crippen molar-refractivity contribution in [3.63, 3.8) is 0 Å². The standard InChI is InChI=1S/C30H44F2/c1-22-2-10-25(11-3-22)26-12-6-23(7-13-26)4-5-24-8-14-27(15-9-24)28-16-18-29(19-17-28)30(32)20-21-31/h8-9,14-15,20,22-23,25-26,28-29H,2-7,10-13,16-19,21H2,1H3/b30-20-. The van der Waals surface area contributed by atoms with E-state index in [4.69, 9.17) is 0 Å². The molecule has 0 saturated heterocycles. The number of halogens is 2. The van der Waals surface area contributed by atoms with Crippen molar-refractivity contribution in [2.24, 2.45) is 29.6 Å². The van der Waals surface area contributed by atoms with Gasteiger partial charge in [-0.2, -0.15) is 0 Å². The molecular formula is C30H44F2. The van der Waals surface area contributed by atoms with Gasteiger partial charge in [0.15, 0.2) is 0 Å². The molecule has 0 aromatic heterocycles. The van der Waals surface area contributed by atoms with E-state index < -0.39 is 6.67 Å². The predicted octanol–water partition coefficient (Wildman–Crippen LogP) is 9.35. The fourth-order valence-corrected chi connectivity index (χ4v) is 6.98. The highest BCUT2D eigenvalue weighted by molar-refractivity contribution is 5.26. The van der Waals surface area contributed by atoms with Gasteiger partial charge in [-0.15, -0.1) is 0 Å². The maximum Gasteiger partial charge on any atom is 0.110 e. The van der Waals surface area contributed by atoms with E-state index in [1.807, 2.05) is 0 Å². The van der Waals surface area contributed by atoms with Crippen molar-refractivity contribution in [1.82, 2.24) is 0 Å². The van der Waals surface area contributed by atoms with E-state index in [1.54, 1.807) is 0 Å². The minimum atomic E-state index is -0.686. The molecule has 3 aliphatic carbocycles. The molecule has 0 radical (unpaired) electrons. The molecule has 0 amide bonds. The van der Waals surface area contributed by atoms with Crippen molar-refractivity contribution >= 4 is 0 Å². The van der Waals surface area contributed by atoms with Gasteiger partial charge < -0.3 is 0 Å². The fraction of sp³-hybridized carbons (Fsp3) is 0.733. The smallest absolute Gasteiger partial charge is 0.110 e. The Morgan fingerprint density at radius 3 is 2.00 bits per heavy atom. The largest absolute Gasteiger partial charge is 0.246 e. The number of rotatable bonds is 7. The first kappa shape index (κ1) is 24.0. The van der Waals surface area contributed by atoms with E-state index in [0.717, 1.165) is 55.4 Å². The van der Waals surface area contributed by atoms with E-state index >= 15 is 0 Å². The summed E-state index contributed by atoms with van der Waals surface area (Å²) in [5.41, 5.74) is 2.88.